The maximum absolute atomic E-state index is 11.8. The van der Waals surface area contributed by atoms with Gasteiger partial charge in [0.25, 0.3) is 10.0 Å². The third-order valence-corrected chi connectivity index (χ3v) is 3.97. The van der Waals surface area contributed by atoms with Crippen LogP contribution in [-0.2, 0) is 10.0 Å². The maximum atomic E-state index is 11.8. The Hall–Kier alpha value is -1.01. The first-order valence-corrected chi connectivity index (χ1v) is 7.94. The summed E-state index contributed by atoms with van der Waals surface area (Å²) in [6, 6.07) is 6.65. The number of hydrazone groups is 1. The van der Waals surface area contributed by atoms with E-state index < -0.39 is 10.0 Å². The van der Waals surface area contributed by atoms with Gasteiger partial charge in [-0.15, -0.1) is 0 Å². The van der Waals surface area contributed by atoms with Crippen LogP contribution >= 0.6 is 11.8 Å². The molecule has 1 aromatic rings. The highest BCUT2D eigenvalue weighted by Crippen LogP contribution is 2.09. The number of thioether (sulfide) groups is 1. The van der Waals surface area contributed by atoms with Gasteiger partial charge in [-0.3, -0.25) is 0 Å². The van der Waals surface area contributed by atoms with E-state index in [1.54, 1.807) is 43.0 Å². The van der Waals surface area contributed by atoms with E-state index in [4.69, 9.17) is 0 Å². The van der Waals surface area contributed by atoms with E-state index in [9.17, 15) is 8.42 Å². The fourth-order valence-corrected chi connectivity index (χ4v) is 2.51. The minimum Gasteiger partial charge on any atom is -0.200 e. The van der Waals surface area contributed by atoms with Gasteiger partial charge in [0.2, 0.25) is 0 Å². The van der Waals surface area contributed by atoms with Crippen molar-refractivity contribution in [3.63, 3.8) is 0 Å². The smallest absolute Gasteiger partial charge is 0.200 e. The zero-order valence-electron chi connectivity index (χ0n) is 10.1. The van der Waals surface area contributed by atoms with Crippen molar-refractivity contribution >= 4 is 27.5 Å². The lowest BCUT2D eigenvalue weighted by Crippen LogP contribution is -2.20. The summed E-state index contributed by atoms with van der Waals surface area (Å²) in [6.45, 7) is 3.69. The van der Waals surface area contributed by atoms with Crippen molar-refractivity contribution in [2.45, 2.75) is 18.7 Å². The third kappa shape index (κ3) is 4.40. The van der Waals surface area contributed by atoms with Crippen LogP contribution in [0.15, 0.2) is 34.3 Å². The quantitative estimate of drug-likeness (QED) is 0.659. The number of hydrogen-bond donors (Lipinski definition) is 1. The molecule has 0 aromatic heterocycles. The van der Waals surface area contributed by atoms with Gasteiger partial charge in [-0.25, -0.2) is 4.83 Å². The molecule has 94 valence electrons. The van der Waals surface area contributed by atoms with Gasteiger partial charge in [-0.2, -0.15) is 25.3 Å². The Kier molecular flexibility index (Phi) is 5.02. The Bertz CT molecular complexity index is 493. The second kappa shape index (κ2) is 6.07. The normalized spacial score (nSPS) is 12.5. The lowest BCUT2D eigenvalue weighted by Gasteiger charge is -2.04. The van der Waals surface area contributed by atoms with Gasteiger partial charge in [0.15, 0.2) is 0 Å². The van der Waals surface area contributed by atoms with E-state index in [-0.39, 0.29) is 4.90 Å². The number of nitrogens with zero attached hydrogens (tertiary/aromatic N) is 1. The second-order valence-corrected chi connectivity index (χ2v) is 6.21. The van der Waals surface area contributed by atoms with Crippen LogP contribution in [0, 0.1) is 6.92 Å². The summed E-state index contributed by atoms with van der Waals surface area (Å²) in [7, 11) is -3.54. The van der Waals surface area contributed by atoms with Crippen LogP contribution in [0.25, 0.3) is 0 Å². The number of sulfonamides is 1. The first-order valence-electron chi connectivity index (χ1n) is 5.06. The third-order valence-electron chi connectivity index (χ3n) is 2.04. The van der Waals surface area contributed by atoms with E-state index in [2.05, 4.69) is 9.93 Å². The maximum Gasteiger partial charge on any atom is 0.276 e. The Balaban J connectivity index is 2.82. The molecule has 0 aliphatic carbocycles. The molecule has 1 rings (SSSR count). The molecule has 1 aromatic carbocycles. The van der Waals surface area contributed by atoms with E-state index in [0.717, 1.165) is 11.3 Å². The first kappa shape index (κ1) is 14.1. The zero-order chi connectivity index (χ0) is 12.9. The number of benzene rings is 1. The van der Waals surface area contributed by atoms with Crippen molar-refractivity contribution < 1.29 is 8.42 Å². The molecule has 0 saturated heterocycles. The summed E-state index contributed by atoms with van der Waals surface area (Å²) in [5.41, 5.74) is 1.76. The Labute approximate surface area is 107 Å². The first-order chi connectivity index (χ1) is 7.95. The van der Waals surface area contributed by atoms with Crippen molar-refractivity contribution in [1.29, 1.82) is 0 Å². The summed E-state index contributed by atoms with van der Waals surface area (Å²) in [6.07, 6.45) is 1.94. The molecule has 4 nitrogen and oxygen atoms in total. The minimum atomic E-state index is -3.54. The molecular formula is C11H16N2O2S2. The average Bonchev–Trinajstić information content (AvgIpc) is 2.28. The Morgan fingerprint density at radius 2 is 1.94 bits per heavy atom. The number of hydrogen-bond acceptors (Lipinski definition) is 4. The lowest BCUT2D eigenvalue weighted by molar-refractivity contribution is 0.584. The fraction of sp³-hybridized carbons (Fsp3) is 0.364. The monoisotopic (exact) mass is 272 g/mol. The molecule has 1 N–H and O–H groups in total. The fourth-order valence-electron chi connectivity index (χ4n) is 1.15. The van der Waals surface area contributed by atoms with Crippen LogP contribution in [0.4, 0.5) is 0 Å². The highest BCUT2D eigenvalue weighted by Gasteiger charge is 2.11. The summed E-state index contributed by atoms with van der Waals surface area (Å²) < 4.78 is 23.7. The molecule has 0 atom stereocenters. The van der Waals surface area contributed by atoms with E-state index in [1.165, 1.54) is 0 Å². The molecule has 0 radical (unpaired) electrons. The van der Waals surface area contributed by atoms with Gasteiger partial charge in [0.1, 0.15) is 0 Å². The Morgan fingerprint density at radius 1 is 1.35 bits per heavy atom. The van der Waals surface area contributed by atoms with E-state index in [0.29, 0.717) is 5.75 Å². The van der Waals surface area contributed by atoms with Gasteiger partial charge in [-0.1, -0.05) is 17.7 Å². The lowest BCUT2D eigenvalue weighted by atomic mass is 10.2. The summed E-state index contributed by atoms with van der Waals surface area (Å²) >= 11 is 1.59. The van der Waals surface area contributed by atoms with Gasteiger partial charge in [-0.05, 0) is 32.2 Å². The largest absolute Gasteiger partial charge is 0.276 e. The van der Waals surface area contributed by atoms with Gasteiger partial charge < -0.3 is 0 Å². The summed E-state index contributed by atoms with van der Waals surface area (Å²) in [4.78, 5) is 2.45. The zero-order valence-corrected chi connectivity index (χ0v) is 11.7. The molecule has 0 heterocycles. The van der Waals surface area contributed by atoms with Crippen LogP contribution in [0.5, 0.6) is 0 Å². The molecule has 0 unspecified atom stereocenters. The summed E-state index contributed by atoms with van der Waals surface area (Å²) in [5.74, 6) is 0.705. The molecule has 0 fully saturated rings. The molecule has 0 aliphatic heterocycles. The second-order valence-electron chi connectivity index (χ2n) is 3.69. The van der Waals surface area contributed by atoms with Crippen LogP contribution in [0.3, 0.4) is 0 Å². The van der Waals surface area contributed by atoms with Crippen LogP contribution in [-0.4, -0.2) is 26.1 Å². The Morgan fingerprint density at radius 3 is 2.47 bits per heavy atom. The molecule has 6 heteroatoms. The number of rotatable bonds is 5. The van der Waals surface area contributed by atoms with E-state index in [1.807, 2.05) is 13.2 Å². The van der Waals surface area contributed by atoms with Crippen LogP contribution in [0.2, 0.25) is 0 Å². The van der Waals surface area contributed by atoms with Crippen LogP contribution < -0.4 is 4.83 Å². The highest BCUT2D eigenvalue weighted by atomic mass is 32.2. The molecule has 0 spiro atoms. The SMILES string of the molecule is CSC/C(C)=N/NS(=O)(=O)c1ccc(C)cc1. The van der Waals surface area contributed by atoms with Crippen molar-refractivity contribution in [3.05, 3.63) is 29.8 Å². The van der Waals surface area contributed by atoms with Crippen molar-refractivity contribution in [3.8, 4) is 0 Å². The van der Waals surface area contributed by atoms with Crippen LogP contribution in [0.1, 0.15) is 12.5 Å². The molecule has 17 heavy (non-hydrogen) atoms. The molecule has 0 bridgehead atoms. The average molecular weight is 272 g/mol. The van der Waals surface area contributed by atoms with Gasteiger partial charge in [0, 0.05) is 11.5 Å². The standard InChI is InChI=1S/C11H16N2O2S2/c1-9-4-6-11(7-5-9)17(14,15)13-12-10(2)8-16-3/h4-7,13H,8H2,1-3H3/b12-10+. The van der Waals surface area contributed by atoms with Gasteiger partial charge in [0.05, 0.1) is 4.90 Å². The van der Waals surface area contributed by atoms with Gasteiger partial charge >= 0.3 is 0 Å². The van der Waals surface area contributed by atoms with Crippen molar-refractivity contribution in [2.24, 2.45) is 5.10 Å². The van der Waals surface area contributed by atoms with E-state index >= 15 is 0 Å². The molecule has 0 aliphatic rings. The number of nitrogens with one attached hydrogen (secondary N) is 1. The van der Waals surface area contributed by atoms with Crippen molar-refractivity contribution in [2.75, 3.05) is 12.0 Å². The minimum absolute atomic E-state index is 0.226. The number of aryl methyl sites for hydroxylation is 1. The predicted octanol–water partition coefficient (Wildman–Crippen LogP) is 2.01. The highest BCUT2D eigenvalue weighted by molar-refractivity contribution is 7.99. The summed E-state index contributed by atoms with van der Waals surface area (Å²) in [5, 5.41) is 3.84. The molecule has 0 saturated carbocycles. The molecular weight excluding hydrogens is 256 g/mol. The topological polar surface area (TPSA) is 58.5 Å². The van der Waals surface area contributed by atoms with Crippen molar-refractivity contribution in [1.82, 2.24) is 4.83 Å². The molecule has 0 amide bonds. The predicted molar refractivity (Wildman–Crippen MR) is 73.0 cm³/mol.